The van der Waals surface area contributed by atoms with Crippen LogP contribution in [0.2, 0.25) is 5.02 Å². The third-order valence-electron chi connectivity index (χ3n) is 2.49. The molecule has 0 radical (unpaired) electrons. The minimum absolute atomic E-state index is 0.282. The van der Waals surface area contributed by atoms with Crippen molar-refractivity contribution in [1.29, 1.82) is 5.26 Å². The Balaban J connectivity index is 2.34. The molecule has 0 aliphatic heterocycles. The Morgan fingerprint density at radius 3 is 2.67 bits per heavy atom. The first-order valence-corrected chi connectivity index (χ1v) is 5.70. The molecule has 0 atom stereocenters. The van der Waals surface area contributed by atoms with Gasteiger partial charge in [-0.25, -0.2) is 4.39 Å². The molecule has 2 aromatic rings. The number of nitriles is 1. The lowest BCUT2D eigenvalue weighted by atomic mass is 10.1. The minimum atomic E-state index is -0.442. The Kier molecular flexibility index (Phi) is 3.50. The van der Waals surface area contributed by atoms with E-state index in [2.05, 4.69) is 5.32 Å². The number of aryl methyl sites for hydroxylation is 1. The molecule has 2 aromatic carbocycles. The van der Waals surface area contributed by atoms with Gasteiger partial charge in [0.2, 0.25) is 0 Å². The molecule has 18 heavy (non-hydrogen) atoms. The zero-order chi connectivity index (χ0) is 13.1. The molecule has 0 bridgehead atoms. The SMILES string of the molecule is Cc1cc(Cl)ccc1Nc1cc(F)cc(C#N)c1. The molecule has 0 amide bonds. The van der Waals surface area contributed by atoms with Gasteiger partial charge in [0.1, 0.15) is 5.82 Å². The van der Waals surface area contributed by atoms with E-state index in [0.717, 1.165) is 11.3 Å². The van der Waals surface area contributed by atoms with Gasteiger partial charge >= 0.3 is 0 Å². The summed E-state index contributed by atoms with van der Waals surface area (Å²) in [5.74, 6) is -0.442. The second-order valence-corrected chi connectivity index (χ2v) is 4.36. The number of rotatable bonds is 2. The van der Waals surface area contributed by atoms with Gasteiger partial charge in [-0.3, -0.25) is 0 Å². The molecule has 2 rings (SSSR count). The zero-order valence-corrected chi connectivity index (χ0v) is 10.4. The van der Waals surface area contributed by atoms with Gasteiger partial charge in [0.15, 0.2) is 0 Å². The van der Waals surface area contributed by atoms with Crippen molar-refractivity contribution in [2.24, 2.45) is 0 Å². The van der Waals surface area contributed by atoms with Gasteiger partial charge in [0, 0.05) is 16.4 Å². The lowest BCUT2D eigenvalue weighted by Gasteiger charge is -2.10. The quantitative estimate of drug-likeness (QED) is 0.869. The molecule has 0 aromatic heterocycles. The van der Waals surface area contributed by atoms with E-state index < -0.39 is 5.82 Å². The van der Waals surface area contributed by atoms with Crippen LogP contribution in [0.5, 0.6) is 0 Å². The molecule has 4 heteroatoms. The fraction of sp³-hybridized carbons (Fsp3) is 0.0714. The summed E-state index contributed by atoms with van der Waals surface area (Å²) in [7, 11) is 0. The van der Waals surface area contributed by atoms with E-state index in [1.165, 1.54) is 12.1 Å². The normalized spacial score (nSPS) is 9.89. The number of hydrogen-bond donors (Lipinski definition) is 1. The van der Waals surface area contributed by atoms with Crippen LogP contribution in [-0.4, -0.2) is 0 Å². The molecule has 0 heterocycles. The molecular weight excluding hydrogens is 251 g/mol. The van der Waals surface area contributed by atoms with Crippen molar-refractivity contribution in [3.05, 3.63) is 58.4 Å². The van der Waals surface area contributed by atoms with Crippen LogP contribution in [0.15, 0.2) is 36.4 Å². The van der Waals surface area contributed by atoms with Crippen molar-refractivity contribution in [3.8, 4) is 6.07 Å². The van der Waals surface area contributed by atoms with Gasteiger partial charge in [-0.05, 0) is 48.9 Å². The van der Waals surface area contributed by atoms with Gasteiger partial charge in [0.25, 0.3) is 0 Å². The Hall–Kier alpha value is -2.05. The van der Waals surface area contributed by atoms with Crippen LogP contribution in [0.25, 0.3) is 0 Å². The average molecular weight is 261 g/mol. The summed E-state index contributed by atoms with van der Waals surface area (Å²) in [5, 5.41) is 12.5. The van der Waals surface area contributed by atoms with Gasteiger partial charge in [-0.1, -0.05) is 11.6 Å². The van der Waals surface area contributed by atoms with Crippen molar-refractivity contribution in [3.63, 3.8) is 0 Å². The molecule has 1 N–H and O–H groups in total. The number of nitrogens with zero attached hydrogens (tertiary/aromatic N) is 1. The maximum atomic E-state index is 13.3. The van der Waals surface area contributed by atoms with E-state index >= 15 is 0 Å². The van der Waals surface area contributed by atoms with E-state index in [1.807, 2.05) is 25.1 Å². The van der Waals surface area contributed by atoms with Crippen molar-refractivity contribution < 1.29 is 4.39 Å². The van der Waals surface area contributed by atoms with Gasteiger partial charge in [-0.15, -0.1) is 0 Å². The summed E-state index contributed by atoms with van der Waals surface area (Å²) in [6, 6.07) is 11.4. The summed E-state index contributed by atoms with van der Waals surface area (Å²) in [4.78, 5) is 0. The smallest absolute Gasteiger partial charge is 0.126 e. The molecule has 0 fully saturated rings. The molecule has 0 saturated carbocycles. The number of nitrogens with one attached hydrogen (secondary N) is 1. The second-order valence-electron chi connectivity index (χ2n) is 3.92. The molecule has 0 spiro atoms. The van der Waals surface area contributed by atoms with Crippen molar-refractivity contribution in [2.45, 2.75) is 6.92 Å². The predicted octanol–water partition coefficient (Wildman–Crippen LogP) is 4.40. The van der Waals surface area contributed by atoms with E-state index in [0.29, 0.717) is 10.7 Å². The Bertz CT molecular complexity index is 632. The first-order chi connectivity index (χ1) is 8.58. The van der Waals surface area contributed by atoms with Crippen LogP contribution in [0.4, 0.5) is 15.8 Å². The van der Waals surface area contributed by atoms with Crippen LogP contribution in [0.3, 0.4) is 0 Å². The highest BCUT2D eigenvalue weighted by Gasteiger charge is 2.03. The number of benzene rings is 2. The summed E-state index contributed by atoms with van der Waals surface area (Å²) < 4.78 is 13.3. The zero-order valence-electron chi connectivity index (χ0n) is 9.67. The molecule has 0 aliphatic carbocycles. The van der Waals surface area contributed by atoms with Crippen LogP contribution >= 0.6 is 11.6 Å². The Morgan fingerprint density at radius 2 is 2.00 bits per heavy atom. The van der Waals surface area contributed by atoms with Crippen LogP contribution in [0.1, 0.15) is 11.1 Å². The van der Waals surface area contributed by atoms with E-state index in [-0.39, 0.29) is 5.56 Å². The highest BCUT2D eigenvalue weighted by atomic mass is 35.5. The molecule has 0 aliphatic rings. The van der Waals surface area contributed by atoms with Gasteiger partial charge < -0.3 is 5.32 Å². The van der Waals surface area contributed by atoms with E-state index in [9.17, 15) is 4.39 Å². The number of halogens is 2. The van der Waals surface area contributed by atoms with Crippen LogP contribution < -0.4 is 5.32 Å². The van der Waals surface area contributed by atoms with Gasteiger partial charge in [-0.2, -0.15) is 5.26 Å². The standard InChI is InChI=1S/C14H10ClFN2/c1-9-4-11(15)2-3-14(9)18-13-6-10(8-17)5-12(16)7-13/h2-7,18H,1H3. The molecular formula is C14H10ClFN2. The molecule has 0 unspecified atom stereocenters. The third kappa shape index (κ3) is 2.79. The first kappa shape index (κ1) is 12.4. The second kappa shape index (κ2) is 5.07. The largest absolute Gasteiger partial charge is 0.355 e. The molecule has 90 valence electrons. The minimum Gasteiger partial charge on any atom is -0.355 e. The predicted molar refractivity (Wildman–Crippen MR) is 70.6 cm³/mol. The van der Waals surface area contributed by atoms with E-state index in [1.54, 1.807) is 12.1 Å². The summed E-state index contributed by atoms with van der Waals surface area (Å²) in [6.45, 7) is 1.90. The third-order valence-corrected chi connectivity index (χ3v) is 2.73. The molecule has 0 saturated heterocycles. The van der Waals surface area contributed by atoms with E-state index in [4.69, 9.17) is 16.9 Å². The number of hydrogen-bond acceptors (Lipinski definition) is 2. The fourth-order valence-corrected chi connectivity index (χ4v) is 1.88. The van der Waals surface area contributed by atoms with Crippen molar-refractivity contribution in [1.82, 2.24) is 0 Å². The highest BCUT2D eigenvalue weighted by molar-refractivity contribution is 6.30. The fourth-order valence-electron chi connectivity index (χ4n) is 1.65. The number of anilines is 2. The van der Waals surface area contributed by atoms with Crippen LogP contribution in [-0.2, 0) is 0 Å². The summed E-state index contributed by atoms with van der Waals surface area (Å²) >= 11 is 5.86. The highest BCUT2D eigenvalue weighted by Crippen LogP contribution is 2.24. The Labute approximate surface area is 110 Å². The first-order valence-electron chi connectivity index (χ1n) is 5.32. The van der Waals surface area contributed by atoms with Gasteiger partial charge in [0.05, 0.1) is 11.6 Å². The monoisotopic (exact) mass is 260 g/mol. The topological polar surface area (TPSA) is 35.8 Å². The average Bonchev–Trinajstić information content (AvgIpc) is 2.32. The lowest BCUT2D eigenvalue weighted by molar-refractivity contribution is 0.628. The maximum absolute atomic E-state index is 13.3. The van der Waals surface area contributed by atoms with Crippen LogP contribution in [0, 0.1) is 24.1 Å². The Morgan fingerprint density at radius 1 is 1.22 bits per heavy atom. The lowest BCUT2D eigenvalue weighted by Crippen LogP contribution is -1.94. The van der Waals surface area contributed by atoms with Crippen molar-refractivity contribution >= 4 is 23.0 Å². The van der Waals surface area contributed by atoms with Crippen molar-refractivity contribution in [2.75, 3.05) is 5.32 Å². The molecule has 2 nitrogen and oxygen atoms in total. The summed E-state index contributed by atoms with van der Waals surface area (Å²) in [5.41, 5.74) is 2.60. The maximum Gasteiger partial charge on any atom is 0.126 e. The summed E-state index contributed by atoms with van der Waals surface area (Å²) in [6.07, 6.45) is 0.